The third-order valence-corrected chi connectivity index (χ3v) is 2.97. The molecule has 1 rings (SSSR count). The van der Waals surface area contributed by atoms with Gasteiger partial charge < -0.3 is 15.2 Å². The summed E-state index contributed by atoms with van der Waals surface area (Å²) in [5.41, 5.74) is -0.0709. The molecule has 0 aliphatic heterocycles. The number of benzene rings is 1. The smallest absolute Gasteiger partial charge is 0.323 e. The van der Waals surface area contributed by atoms with E-state index in [4.69, 9.17) is 4.74 Å². The minimum Gasteiger partial charge on any atom is -0.496 e. The summed E-state index contributed by atoms with van der Waals surface area (Å²) in [4.78, 5) is 11.4. The fourth-order valence-corrected chi connectivity index (χ4v) is 1.84. The molecule has 1 aromatic rings. The van der Waals surface area contributed by atoms with E-state index in [1.54, 1.807) is 14.0 Å². The molecule has 0 spiro atoms. The molecule has 0 saturated carbocycles. The van der Waals surface area contributed by atoms with Crippen molar-refractivity contribution in [2.75, 3.05) is 13.7 Å². The van der Waals surface area contributed by atoms with Crippen molar-refractivity contribution < 1.29 is 14.6 Å². The Morgan fingerprint density at radius 2 is 2.11 bits per heavy atom. The first-order valence-corrected chi connectivity index (χ1v) is 6.14. The van der Waals surface area contributed by atoms with Crippen LogP contribution < -0.4 is 10.1 Å². The van der Waals surface area contributed by atoms with Gasteiger partial charge in [0, 0.05) is 6.42 Å². The molecule has 0 aliphatic carbocycles. The molecule has 0 radical (unpaired) electrons. The average Bonchev–Trinajstić information content (AvgIpc) is 2.37. The van der Waals surface area contributed by atoms with E-state index in [9.17, 15) is 9.90 Å². The second kappa shape index (κ2) is 6.40. The Morgan fingerprint density at radius 1 is 1.44 bits per heavy atom. The highest BCUT2D eigenvalue weighted by atomic mass is 16.5. The Bertz CT molecular complexity index is 406. The fraction of sp³-hybridized carbons (Fsp3) is 0.500. The van der Waals surface area contributed by atoms with Crippen LogP contribution >= 0.6 is 0 Å². The zero-order valence-corrected chi connectivity index (χ0v) is 11.2. The summed E-state index contributed by atoms with van der Waals surface area (Å²) in [5.74, 6) is -0.120. The number of nitrogens with one attached hydrogen (secondary N) is 1. The van der Waals surface area contributed by atoms with E-state index in [2.05, 4.69) is 5.32 Å². The molecule has 100 valence electrons. The molecule has 0 heterocycles. The van der Waals surface area contributed by atoms with Crippen LogP contribution in [0.4, 0.5) is 0 Å². The number of hydrogen-bond donors (Lipinski definition) is 2. The molecule has 0 aliphatic rings. The third kappa shape index (κ3) is 3.47. The second-order valence-corrected chi connectivity index (χ2v) is 4.55. The van der Waals surface area contributed by atoms with Crippen LogP contribution in [-0.4, -0.2) is 30.3 Å². The summed E-state index contributed by atoms with van der Waals surface area (Å²) in [6, 6.07) is 7.50. The van der Waals surface area contributed by atoms with Crippen LogP contribution in [0.3, 0.4) is 0 Å². The first kappa shape index (κ1) is 14.5. The molecule has 0 aromatic heterocycles. The topological polar surface area (TPSA) is 58.6 Å². The molecule has 2 N–H and O–H groups in total. The molecule has 4 heteroatoms. The molecule has 0 saturated heterocycles. The van der Waals surface area contributed by atoms with E-state index in [1.807, 2.05) is 31.2 Å². The Kier molecular flexibility index (Phi) is 5.16. The molecule has 4 nitrogen and oxygen atoms in total. The van der Waals surface area contributed by atoms with Crippen LogP contribution in [0.5, 0.6) is 5.75 Å². The molecular formula is C14H21NO3. The van der Waals surface area contributed by atoms with Gasteiger partial charge in [-0.15, -0.1) is 0 Å². The van der Waals surface area contributed by atoms with Crippen molar-refractivity contribution >= 4 is 5.97 Å². The van der Waals surface area contributed by atoms with E-state index < -0.39 is 11.5 Å². The van der Waals surface area contributed by atoms with Gasteiger partial charge in [-0.3, -0.25) is 4.79 Å². The Morgan fingerprint density at radius 3 is 2.67 bits per heavy atom. The number of methoxy groups -OCH3 is 1. The minimum absolute atomic E-state index is 0.395. The van der Waals surface area contributed by atoms with Crippen LogP contribution in [-0.2, 0) is 11.2 Å². The van der Waals surface area contributed by atoms with Crippen LogP contribution in [0, 0.1) is 0 Å². The lowest BCUT2D eigenvalue weighted by molar-refractivity contribution is -0.144. The molecule has 0 amide bonds. The van der Waals surface area contributed by atoms with Crippen molar-refractivity contribution in [1.82, 2.24) is 5.32 Å². The molecule has 1 unspecified atom stereocenters. The van der Waals surface area contributed by atoms with Gasteiger partial charge >= 0.3 is 5.97 Å². The maximum atomic E-state index is 11.4. The lowest BCUT2D eigenvalue weighted by Crippen LogP contribution is -2.51. The zero-order chi connectivity index (χ0) is 13.6. The van der Waals surface area contributed by atoms with E-state index in [0.29, 0.717) is 13.0 Å². The molecule has 0 bridgehead atoms. The number of para-hydroxylation sites is 1. The van der Waals surface area contributed by atoms with Crippen LogP contribution in [0.1, 0.15) is 25.8 Å². The van der Waals surface area contributed by atoms with E-state index in [0.717, 1.165) is 17.7 Å². The monoisotopic (exact) mass is 251 g/mol. The molecule has 1 aromatic carbocycles. The summed E-state index contributed by atoms with van der Waals surface area (Å²) in [5, 5.41) is 12.5. The Balaban J connectivity index is 2.92. The van der Waals surface area contributed by atoms with Gasteiger partial charge in [-0.05, 0) is 31.5 Å². The second-order valence-electron chi connectivity index (χ2n) is 4.55. The highest BCUT2D eigenvalue weighted by Gasteiger charge is 2.33. The first-order valence-electron chi connectivity index (χ1n) is 6.14. The van der Waals surface area contributed by atoms with E-state index in [1.165, 1.54) is 0 Å². The highest BCUT2D eigenvalue weighted by Crippen LogP contribution is 2.23. The van der Waals surface area contributed by atoms with Gasteiger partial charge in [0.1, 0.15) is 11.3 Å². The lowest BCUT2D eigenvalue weighted by atomic mass is 9.92. The molecule has 0 fully saturated rings. The van der Waals surface area contributed by atoms with Crippen LogP contribution in [0.15, 0.2) is 24.3 Å². The Labute approximate surface area is 108 Å². The summed E-state index contributed by atoms with van der Waals surface area (Å²) >= 11 is 0. The average molecular weight is 251 g/mol. The van der Waals surface area contributed by atoms with Crippen molar-refractivity contribution in [1.29, 1.82) is 0 Å². The predicted molar refractivity (Wildman–Crippen MR) is 71.0 cm³/mol. The molecule has 1 atom stereocenters. The number of hydrogen-bond acceptors (Lipinski definition) is 3. The Hall–Kier alpha value is -1.55. The van der Waals surface area contributed by atoms with Crippen molar-refractivity contribution in [2.45, 2.75) is 32.2 Å². The standard InChI is InChI=1S/C14H21NO3/c1-4-9-15-14(2,13(16)17)10-11-7-5-6-8-12(11)18-3/h5-8,15H,4,9-10H2,1-3H3,(H,16,17). The van der Waals surface area contributed by atoms with Gasteiger partial charge in [-0.25, -0.2) is 0 Å². The van der Waals surface area contributed by atoms with Gasteiger partial charge in [-0.1, -0.05) is 25.1 Å². The number of rotatable bonds is 7. The maximum Gasteiger partial charge on any atom is 0.323 e. The number of ether oxygens (including phenoxy) is 1. The van der Waals surface area contributed by atoms with Crippen molar-refractivity contribution in [3.8, 4) is 5.75 Å². The summed E-state index contributed by atoms with van der Waals surface area (Å²) in [6.07, 6.45) is 1.29. The SMILES string of the molecule is CCCNC(C)(Cc1ccccc1OC)C(=O)O. The minimum atomic E-state index is -0.968. The lowest BCUT2D eigenvalue weighted by Gasteiger charge is -2.27. The van der Waals surface area contributed by atoms with Crippen molar-refractivity contribution in [3.05, 3.63) is 29.8 Å². The number of carbonyl (C=O) groups is 1. The van der Waals surface area contributed by atoms with Crippen LogP contribution in [0.25, 0.3) is 0 Å². The quantitative estimate of drug-likeness (QED) is 0.779. The highest BCUT2D eigenvalue weighted by molar-refractivity contribution is 5.78. The van der Waals surface area contributed by atoms with E-state index in [-0.39, 0.29) is 0 Å². The van der Waals surface area contributed by atoms with Gasteiger partial charge in [0.15, 0.2) is 0 Å². The normalized spacial score (nSPS) is 13.9. The predicted octanol–water partition coefficient (Wildman–Crippen LogP) is 2.08. The molecule has 18 heavy (non-hydrogen) atoms. The van der Waals surface area contributed by atoms with Crippen LogP contribution in [0.2, 0.25) is 0 Å². The summed E-state index contributed by atoms with van der Waals surface area (Å²) in [7, 11) is 1.59. The first-order chi connectivity index (χ1) is 8.53. The number of carboxylic acids is 1. The fourth-order valence-electron chi connectivity index (χ4n) is 1.84. The largest absolute Gasteiger partial charge is 0.496 e. The van der Waals surface area contributed by atoms with Gasteiger partial charge in [0.25, 0.3) is 0 Å². The summed E-state index contributed by atoms with van der Waals surface area (Å²) < 4.78 is 5.25. The van der Waals surface area contributed by atoms with Crippen molar-refractivity contribution in [3.63, 3.8) is 0 Å². The molecular weight excluding hydrogens is 230 g/mol. The summed E-state index contributed by atoms with van der Waals surface area (Å²) in [6.45, 7) is 4.40. The maximum absolute atomic E-state index is 11.4. The van der Waals surface area contributed by atoms with E-state index >= 15 is 0 Å². The zero-order valence-electron chi connectivity index (χ0n) is 11.2. The third-order valence-electron chi connectivity index (χ3n) is 2.97. The van der Waals surface area contributed by atoms with Crippen molar-refractivity contribution in [2.24, 2.45) is 0 Å². The number of carboxylic acid groups (broad SMARTS) is 1. The van der Waals surface area contributed by atoms with Gasteiger partial charge in [0.05, 0.1) is 7.11 Å². The van der Waals surface area contributed by atoms with Gasteiger partial charge in [0.2, 0.25) is 0 Å². The number of aliphatic carboxylic acids is 1. The van der Waals surface area contributed by atoms with Gasteiger partial charge in [-0.2, -0.15) is 0 Å².